The number of carboxylic acid groups (broad SMARTS) is 1. The molecule has 0 aromatic heterocycles. The Morgan fingerprint density at radius 1 is 1.55 bits per heavy atom. The maximum absolute atomic E-state index is 10.0. The summed E-state index contributed by atoms with van der Waals surface area (Å²) >= 11 is 0. The Hall–Kier alpha value is -1.31. The van der Waals surface area contributed by atoms with E-state index >= 15 is 0 Å². The molecule has 0 saturated carbocycles. The maximum atomic E-state index is 10.0. The zero-order valence-electron chi connectivity index (χ0n) is 6.53. The van der Waals surface area contributed by atoms with Gasteiger partial charge < -0.3 is 5.11 Å². The quantitative estimate of drug-likeness (QED) is 0.494. The van der Waals surface area contributed by atoms with Crippen molar-refractivity contribution in [2.24, 2.45) is 5.92 Å². The molecule has 11 heavy (non-hydrogen) atoms. The molecule has 2 nitrogen and oxygen atoms in total. The first-order valence-electron chi connectivity index (χ1n) is 3.37. The minimum Gasteiger partial charge on any atom is -0.478 e. The second kappa shape index (κ2) is 5.47. The summed E-state index contributed by atoms with van der Waals surface area (Å²) in [4.78, 5) is 10.0. The summed E-state index contributed by atoms with van der Waals surface area (Å²) in [6.07, 6.45) is 8.06. The maximum Gasteiger partial charge on any atom is 0.327 e. The molecule has 0 fully saturated rings. The number of carbonyl (C=O) groups is 1. The lowest BCUT2D eigenvalue weighted by Gasteiger charge is -1.93. The highest BCUT2D eigenvalue weighted by Gasteiger charge is 1.90. The van der Waals surface area contributed by atoms with Crippen molar-refractivity contribution in [3.8, 4) is 0 Å². The summed E-state index contributed by atoms with van der Waals surface area (Å²) in [7, 11) is 0. The third-order valence-electron chi connectivity index (χ3n) is 1.09. The van der Waals surface area contributed by atoms with Crippen LogP contribution in [0.25, 0.3) is 0 Å². The van der Waals surface area contributed by atoms with E-state index in [-0.39, 0.29) is 5.92 Å². The van der Waals surface area contributed by atoms with Crippen LogP contribution in [0.5, 0.6) is 0 Å². The molecule has 1 atom stereocenters. The fraction of sp³-hybridized carbons (Fsp3) is 0.222. The summed E-state index contributed by atoms with van der Waals surface area (Å²) in [6, 6.07) is 0. The summed E-state index contributed by atoms with van der Waals surface area (Å²) in [5.74, 6) is -0.770. The van der Waals surface area contributed by atoms with E-state index in [0.29, 0.717) is 0 Å². The second-order valence-corrected chi connectivity index (χ2v) is 2.18. The Morgan fingerprint density at radius 2 is 2.18 bits per heavy atom. The Labute approximate surface area is 66.5 Å². The molecule has 0 aromatic carbocycles. The molecule has 2 heteroatoms. The van der Waals surface area contributed by atoms with Crippen molar-refractivity contribution in [3.63, 3.8) is 0 Å². The van der Waals surface area contributed by atoms with Crippen molar-refractivity contribution in [2.75, 3.05) is 0 Å². The van der Waals surface area contributed by atoms with Crippen LogP contribution >= 0.6 is 0 Å². The van der Waals surface area contributed by atoms with Crippen LogP contribution in [0.3, 0.4) is 0 Å². The molecule has 1 unspecified atom stereocenters. The second-order valence-electron chi connectivity index (χ2n) is 2.18. The molecule has 0 spiro atoms. The molecule has 0 radical (unpaired) electrons. The molecule has 1 N–H and O–H groups in total. The van der Waals surface area contributed by atoms with Gasteiger partial charge in [-0.15, -0.1) is 0 Å². The molecular formula is C9H12O2. The molecule has 0 aliphatic heterocycles. The molecule has 0 amide bonds. The van der Waals surface area contributed by atoms with Crippen molar-refractivity contribution in [1.29, 1.82) is 0 Å². The molecule has 0 aliphatic rings. The summed E-state index contributed by atoms with van der Waals surface area (Å²) < 4.78 is 0. The van der Waals surface area contributed by atoms with E-state index in [1.165, 1.54) is 0 Å². The minimum absolute atomic E-state index is 0.143. The zero-order chi connectivity index (χ0) is 8.69. The standard InChI is InChI=1S/C9H12O2/c1-3-4-5-8(2)6-7-9(10)11/h3-8H,1H2,2H3,(H,10,11). The average molecular weight is 152 g/mol. The molecule has 0 aromatic rings. The third kappa shape index (κ3) is 6.58. The van der Waals surface area contributed by atoms with Gasteiger partial charge in [0.2, 0.25) is 0 Å². The fourth-order valence-electron chi connectivity index (χ4n) is 0.552. The van der Waals surface area contributed by atoms with Crippen molar-refractivity contribution >= 4 is 5.97 Å². The van der Waals surface area contributed by atoms with Crippen LogP contribution < -0.4 is 0 Å². The lowest BCUT2D eigenvalue weighted by molar-refractivity contribution is -0.131. The van der Waals surface area contributed by atoms with Gasteiger partial charge >= 0.3 is 5.97 Å². The van der Waals surface area contributed by atoms with E-state index < -0.39 is 5.97 Å². The molecule has 0 bridgehead atoms. The third-order valence-corrected chi connectivity index (χ3v) is 1.09. The average Bonchev–Trinajstić information content (AvgIpc) is 1.97. The number of allylic oxidation sites excluding steroid dienone is 4. The number of carboxylic acids is 1. The first-order chi connectivity index (χ1) is 5.16. The highest BCUT2D eigenvalue weighted by Crippen LogP contribution is 1.98. The first kappa shape index (κ1) is 9.69. The monoisotopic (exact) mass is 152 g/mol. The Bertz CT molecular complexity index is 190. The van der Waals surface area contributed by atoms with Crippen molar-refractivity contribution in [2.45, 2.75) is 6.92 Å². The predicted molar refractivity (Wildman–Crippen MR) is 45.3 cm³/mol. The van der Waals surface area contributed by atoms with Crippen LogP contribution in [0.2, 0.25) is 0 Å². The van der Waals surface area contributed by atoms with Gasteiger partial charge in [-0.1, -0.05) is 37.8 Å². The van der Waals surface area contributed by atoms with Crippen LogP contribution in [-0.4, -0.2) is 11.1 Å². The van der Waals surface area contributed by atoms with Gasteiger partial charge in [-0.05, 0) is 5.92 Å². The van der Waals surface area contributed by atoms with Crippen molar-refractivity contribution in [1.82, 2.24) is 0 Å². The van der Waals surface area contributed by atoms with Crippen LogP contribution in [0.4, 0.5) is 0 Å². The minimum atomic E-state index is -0.913. The molecular weight excluding hydrogens is 140 g/mol. The van der Waals surface area contributed by atoms with Crippen molar-refractivity contribution < 1.29 is 9.90 Å². The highest BCUT2D eigenvalue weighted by atomic mass is 16.4. The smallest absolute Gasteiger partial charge is 0.327 e. The number of aliphatic carboxylic acids is 1. The van der Waals surface area contributed by atoms with Crippen LogP contribution in [0.1, 0.15) is 6.92 Å². The van der Waals surface area contributed by atoms with Crippen LogP contribution in [-0.2, 0) is 4.79 Å². The summed E-state index contributed by atoms with van der Waals surface area (Å²) in [6.45, 7) is 5.40. The van der Waals surface area contributed by atoms with Gasteiger partial charge in [0.15, 0.2) is 0 Å². The van der Waals surface area contributed by atoms with E-state index in [9.17, 15) is 4.79 Å². The van der Waals surface area contributed by atoms with Crippen LogP contribution in [0, 0.1) is 5.92 Å². The van der Waals surface area contributed by atoms with Gasteiger partial charge in [-0.25, -0.2) is 4.79 Å². The SMILES string of the molecule is C=CC=CC(C)C=CC(=O)O. The number of rotatable bonds is 4. The Balaban J connectivity index is 3.85. The van der Waals surface area contributed by atoms with Gasteiger partial charge in [-0.2, -0.15) is 0 Å². The Morgan fingerprint density at radius 3 is 2.64 bits per heavy atom. The topological polar surface area (TPSA) is 37.3 Å². The van der Waals surface area contributed by atoms with Gasteiger partial charge in [-0.3, -0.25) is 0 Å². The van der Waals surface area contributed by atoms with Gasteiger partial charge in [0.05, 0.1) is 0 Å². The lowest BCUT2D eigenvalue weighted by Crippen LogP contribution is -1.89. The number of hydrogen-bond acceptors (Lipinski definition) is 1. The summed E-state index contributed by atoms with van der Waals surface area (Å²) in [5, 5.41) is 8.26. The zero-order valence-corrected chi connectivity index (χ0v) is 6.53. The van der Waals surface area contributed by atoms with Gasteiger partial charge in [0.1, 0.15) is 0 Å². The Kier molecular flexibility index (Phi) is 4.82. The predicted octanol–water partition coefficient (Wildman–Crippen LogP) is 2.01. The molecule has 0 rings (SSSR count). The molecule has 0 heterocycles. The van der Waals surface area contributed by atoms with E-state index in [1.54, 1.807) is 18.2 Å². The van der Waals surface area contributed by atoms with Crippen LogP contribution in [0.15, 0.2) is 37.0 Å². The largest absolute Gasteiger partial charge is 0.478 e. The first-order valence-corrected chi connectivity index (χ1v) is 3.37. The normalized spacial score (nSPS) is 13.9. The van der Waals surface area contributed by atoms with E-state index in [0.717, 1.165) is 6.08 Å². The lowest BCUT2D eigenvalue weighted by atomic mass is 10.1. The molecule has 0 aliphatic carbocycles. The van der Waals surface area contributed by atoms with E-state index in [4.69, 9.17) is 5.11 Å². The van der Waals surface area contributed by atoms with E-state index in [2.05, 4.69) is 6.58 Å². The summed E-state index contributed by atoms with van der Waals surface area (Å²) in [5.41, 5.74) is 0. The van der Waals surface area contributed by atoms with Crippen molar-refractivity contribution in [3.05, 3.63) is 37.0 Å². The molecule has 60 valence electrons. The molecule has 0 saturated heterocycles. The van der Waals surface area contributed by atoms with E-state index in [1.807, 2.05) is 13.0 Å². The highest BCUT2D eigenvalue weighted by molar-refractivity contribution is 5.79. The van der Waals surface area contributed by atoms with Gasteiger partial charge in [0, 0.05) is 6.08 Å². The number of hydrogen-bond donors (Lipinski definition) is 1. The van der Waals surface area contributed by atoms with Gasteiger partial charge in [0.25, 0.3) is 0 Å². The fourth-order valence-corrected chi connectivity index (χ4v) is 0.552.